The third-order valence-corrected chi connectivity index (χ3v) is 4.33. The van der Waals surface area contributed by atoms with Crippen LogP contribution in [0.25, 0.3) is 0 Å². The zero-order valence-corrected chi connectivity index (χ0v) is 11.7. The molecule has 3 atom stereocenters. The van der Waals surface area contributed by atoms with E-state index in [0.29, 0.717) is 5.02 Å². The van der Waals surface area contributed by atoms with E-state index in [-0.39, 0.29) is 17.4 Å². The lowest BCUT2D eigenvalue weighted by molar-refractivity contribution is 0.326. The first-order valence-corrected chi connectivity index (χ1v) is 7.60. The molecule has 20 heavy (non-hydrogen) atoms. The van der Waals surface area contributed by atoms with Gasteiger partial charge in [0, 0.05) is 11.4 Å². The van der Waals surface area contributed by atoms with Crippen molar-refractivity contribution >= 4 is 22.8 Å². The van der Waals surface area contributed by atoms with Crippen LogP contribution in [-0.4, -0.2) is 25.3 Å². The van der Waals surface area contributed by atoms with E-state index in [2.05, 4.69) is 10.1 Å². The van der Waals surface area contributed by atoms with Crippen molar-refractivity contribution in [3.05, 3.63) is 40.7 Å². The molecule has 0 N–H and O–H groups in total. The Morgan fingerprint density at radius 3 is 2.90 bits per heavy atom. The number of benzene rings is 1. The predicted octanol–water partition coefficient (Wildman–Crippen LogP) is 2.97. The standard InChI is InChI=1S/C12H10ClF2N3OS/c13-8-4-2-1-3-7(8)10-5-9(15)11-16-12(17-18(10)11)20(19)6-14/h1-4,9-10H,5-6H2/t9-,10-,20-/m0/s1. The van der Waals surface area contributed by atoms with Gasteiger partial charge in [0.2, 0.25) is 0 Å². The first-order chi connectivity index (χ1) is 9.61. The number of rotatable bonds is 3. The SMILES string of the molecule is [O-][S@@+](CF)c1nc2n(n1)[C@H](c1ccccc1Cl)C[C@@H]2F. The Morgan fingerprint density at radius 1 is 1.45 bits per heavy atom. The fourth-order valence-electron chi connectivity index (χ4n) is 2.31. The Hall–Kier alpha value is -1.18. The molecule has 0 unspecified atom stereocenters. The maximum atomic E-state index is 14.0. The van der Waals surface area contributed by atoms with Crippen LogP contribution in [-0.2, 0) is 11.2 Å². The maximum Gasteiger partial charge on any atom is 0.364 e. The van der Waals surface area contributed by atoms with Crippen LogP contribution in [0, 0.1) is 0 Å². The number of halogens is 3. The highest BCUT2D eigenvalue weighted by atomic mass is 35.5. The molecule has 1 aliphatic heterocycles. The molecule has 106 valence electrons. The second-order valence-corrected chi connectivity index (χ2v) is 6.07. The molecular weight excluding hydrogens is 308 g/mol. The van der Waals surface area contributed by atoms with Gasteiger partial charge in [0.1, 0.15) is 0 Å². The van der Waals surface area contributed by atoms with Crippen LogP contribution < -0.4 is 0 Å². The summed E-state index contributed by atoms with van der Waals surface area (Å²) in [4.78, 5) is 3.84. The number of fused-ring (bicyclic) bond motifs is 1. The van der Waals surface area contributed by atoms with Gasteiger partial charge < -0.3 is 4.55 Å². The van der Waals surface area contributed by atoms with E-state index in [1.807, 2.05) is 0 Å². The summed E-state index contributed by atoms with van der Waals surface area (Å²) in [7, 11) is 0. The lowest BCUT2D eigenvalue weighted by Gasteiger charge is -2.13. The molecule has 2 heterocycles. The second kappa shape index (κ2) is 5.31. The highest BCUT2D eigenvalue weighted by Gasteiger charge is 2.38. The molecular formula is C12H10ClF2N3OS. The Kier molecular flexibility index (Phi) is 3.66. The van der Waals surface area contributed by atoms with Crippen LogP contribution >= 0.6 is 11.6 Å². The van der Waals surface area contributed by atoms with Gasteiger partial charge in [-0.1, -0.05) is 29.8 Å². The summed E-state index contributed by atoms with van der Waals surface area (Å²) in [5, 5.41) is 4.30. The van der Waals surface area contributed by atoms with Crippen LogP contribution in [0.2, 0.25) is 5.02 Å². The summed E-state index contributed by atoms with van der Waals surface area (Å²) < 4.78 is 39.2. The van der Waals surface area contributed by atoms with Crippen molar-refractivity contribution in [2.75, 3.05) is 6.01 Å². The molecule has 0 fully saturated rings. The van der Waals surface area contributed by atoms with Gasteiger partial charge in [0.05, 0.1) is 17.2 Å². The molecule has 2 aromatic rings. The van der Waals surface area contributed by atoms with Crippen LogP contribution in [0.4, 0.5) is 8.78 Å². The van der Waals surface area contributed by atoms with Gasteiger partial charge in [-0.05, 0) is 11.6 Å². The van der Waals surface area contributed by atoms with Gasteiger partial charge in [-0.2, -0.15) is 9.37 Å². The Balaban J connectivity index is 2.03. The Bertz CT molecular complexity index is 639. The van der Waals surface area contributed by atoms with E-state index in [0.717, 1.165) is 5.56 Å². The van der Waals surface area contributed by atoms with Gasteiger partial charge >= 0.3 is 5.16 Å². The minimum absolute atomic E-state index is 0.0757. The monoisotopic (exact) mass is 317 g/mol. The van der Waals surface area contributed by atoms with Crippen molar-refractivity contribution in [1.29, 1.82) is 0 Å². The third-order valence-electron chi connectivity index (χ3n) is 3.21. The first-order valence-electron chi connectivity index (χ1n) is 5.91. The minimum atomic E-state index is -1.95. The van der Waals surface area contributed by atoms with Crippen LogP contribution in [0.3, 0.4) is 0 Å². The number of hydrogen-bond acceptors (Lipinski definition) is 3. The van der Waals surface area contributed by atoms with Crippen molar-refractivity contribution in [3.63, 3.8) is 0 Å². The molecule has 0 radical (unpaired) electrons. The van der Waals surface area contributed by atoms with E-state index in [4.69, 9.17) is 11.6 Å². The fourth-order valence-corrected chi connectivity index (χ4v) is 3.04. The molecule has 3 rings (SSSR count). The predicted molar refractivity (Wildman–Crippen MR) is 70.5 cm³/mol. The molecule has 1 aliphatic rings. The molecule has 0 amide bonds. The van der Waals surface area contributed by atoms with Crippen LogP contribution in [0.15, 0.2) is 29.4 Å². The number of aromatic nitrogens is 3. The normalized spacial score (nSPS) is 22.8. The van der Waals surface area contributed by atoms with Crippen LogP contribution in [0.5, 0.6) is 0 Å². The average molecular weight is 318 g/mol. The fraction of sp³-hybridized carbons (Fsp3) is 0.333. The quantitative estimate of drug-likeness (QED) is 0.818. The summed E-state index contributed by atoms with van der Waals surface area (Å²) in [6.45, 7) is 0. The molecule has 0 bridgehead atoms. The molecule has 0 saturated heterocycles. The second-order valence-electron chi connectivity index (χ2n) is 4.39. The van der Waals surface area contributed by atoms with Gasteiger partial charge in [0.15, 0.2) is 12.0 Å². The smallest absolute Gasteiger partial charge is 0.364 e. The Morgan fingerprint density at radius 2 is 2.20 bits per heavy atom. The molecule has 0 spiro atoms. The van der Waals surface area contributed by atoms with Crippen molar-refractivity contribution in [2.24, 2.45) is 0 Å². The van der Waals surface area contributed by atoms with Gasteiger partial charge in [0.25, 0.3) is 6.01 Å². The topological polar surface area (TPSA) is 53.8 Å². The number of nitrogens with zero attached hydrogens (tertiary/aromatic N) is 3. The van der Waals surface area contributed by atoms with Crippen molar-refractivity contribution in [2.45, 2.75) is 23.8 Å². The maximum absolute atomic E-state index is 14.0. The van der Waals surface area contributed by atoms with E-state index < -0.39 is 29.4 Å². The lowest BCUT2D eigenvalue weighted by Crippen LogP contribution is -2.11. The van der Waals surface area contributed by atoms with Crippen molar-refractivity contribution < 1.29 is 13.3 Å². The van der Waals surface area contributed by atoms with E-state index >= 15 is 0 Å². The zero-order chi connectivity index (χ0) is 14.3. The zero-order valence-electron chi connectivity index (χ0n) is 10.2. The summed E-state index contributed by atoms with van der Waals surface area (Å²) in [6.07, 6.45) is -1.16. The van der Waals surface area contributed by atoms with E-state index in [1.165, 1.54) is 4.68 Å². The molecule has 4 nitrogen and oxygen atoms in total. The Labute approximate surface area is 121 Å². The van der Waals surface area contributed by atoms with Crippen molar-refractivity contribution in [1.82, 2.24) is 14.8 Å². The highest BCUT2D eigenvalue weighted by Crippen LogP contribution is 2.41. The minimum Gasteiger partial charge on any atom is -0.607 e. The molecule has 8 heteroatoms. The summed E-state index contributed by atoms with van der Waals surface area (Å²) >= 11 is 4.16. The van der Waals surface area contributed by atoms with Gasteiger partial charge in [-0.15, -0.1) is 5.10 Å². The molecule has 1 aromatic carbocycles. The summed E-state index contributed by atoms with van der Waals surface area (Å²) in [5.41, 5.74) is 0.720. The summed E-state index contributed by atoms with van der Waals surface area (Å²) in [5.74, 6) is 0.0757. The van der Waals surface area contributed by atoms with E-state index in [1.54, 1.807) is 24.3 Å². The number of alkyl halides is 2. The largest absolute Gasteiger partial charge is 0.607 e. The lowest BCUT2D eigenvalue weighted by atomic mass is 10.0. The summed E-state index contributed by atoms with van der Waals surface area (Å²) in [6, 6.07) is 5.56. The van der Waals surface area contributed by atoms with E-state index in [9.17, 15) is 13.3 Å². The molecule has 0 aliphatic carbocycles. The highest BCUT2D eigenvalue weighted by molar-refractivity contribution is 7.91. The molecule has 1 aromatic heterocycles. The average Bonchev–Trinajstić information content (AvgIpc) is 3.00. The first kappa shape index (κ1) is 13.8. The third kappa shape index (κ3) is 2.19. The van der Waals surface area contributed by atoms with Gasteiger partial charge in [-0.25, -0.2) is 9.07 Å². The van der Waals surface area contributed by atoms with Crippen molar-refractivity contribution in [3.8, 4) is 0 Å². The number of hydrogen-bond donors (Lipinski definition) is 0. The van der Waals surface area contributed by atoms with Crippen LogP contribution in [0.1, 0.15) is 30.0 Å². The van der Waals surface area contributed by atoms with Gasteiger partial charge in [-0.3, -0.25) is 0 Å². The molecule has 0 saturated carbocycles.